The highest BCUT2D eigenvalue weighted by Crippen LogP contribution is 2.26. The van der Waals surface area contributed by atoms with Gasteiger partial charge in [-0.1, -0.05) is 32.6 Å². The molecule has 20 heavy (non-hydrogen) atoms. The van der Waals surface area contributed by atoms with Crippen LogP contribution in [0.1, 0.15) is 57.6 Å². The Morgan fingerprint density at radius 1 is 1.35 bits per heavy atom. The second kappa shape index (κ2) is 7.51. The first kappa shape index (κ1) is 15.1. The molecule has 1 aliphatic rings. The number of aryl methyl sites for hydroxylation is 1. The van der Waals surface area contributed by atoms with E-state index in [0.717, 1.165) is 38.8 Å². The van der Waals surface area contributed by atoms with Crippen LogP contribution < -0.4 is 0 Å². The Balaban J connectivity index is 2.01. The summed E-state index contributed by atoms with van der Waals surface area (Å²) in [6.45, 7) is 3.85. The highest BCUT2D eigenvalue weighted by atomic mass is 16.2. The van der Waals surface area contributed by atoms with Gasteiger partial charge in [-0.05, 0) is 31.4 Å². The van der Waals surface area contributed by atoms with Crippen molar-refractivity contribution < 1.29 is 4.79 Å². The van der Waals surface area contributed by atoms with Gasteiger partial charge in [-0.15, -0.1) is 0 Å². The predicted molar refractivity (Wildman–Crippen MR) is 82.3 cm³/mol. The third kappa shape index (κ3) is 3.87. The Morgan fingerprint density at radius 2 is 2.10 bits per heavy atom. The lowest BCUT2D eigenvalue weighted by Crippen LogP contribution is -2.37. The molecular weight excluding hydrogens is 248 g/mol. The average Bonchev–Trinajstić information content (AvgIpc) is 2.89. The third-order valence-electron chi connectivity index (χ3n) is 4.45. The number of hydrogen-bond donors (Lipinski definition) is 0. The van der Waals surface area contributed by atoms with Gasteiger partial charge in [0.15, 0.2) is 0 Å². The normalized spacial score (nSPS) is 16.3. The lowest BCUT2D eigenvalue weighted by atomic mass is 9.88. The fraction of sp³-hybridized carbons (Fsp3) is 0.706. The maximum absolute atomic E-state index is 12.8. The van der Waals surface area contributed by atoms with E-state index in [1.54, 1.807) is 0 Å². The number of nitrogens with zero attached hydrogens (tertiary/aromatic N) is 2. The maximum atomic E-state index is 12.8. The molecule has 1 aromatic heterocycles. The molecule has 0 aromatic carbocycles. The molecule has 1 saturated carbocycles. The molecule has 0 aliphatic heterocycles. The van der Waals surface area contributed by atoms with E-state index >= 15 is 0 Å². The Labute approximate surface area is 123 Å². The van der Waals surface area contributed by atoms with Gasteiger partial charge in [-0.2, -0.15) is 0 Å². The number of carbonyl (C=O) groups is 1. The van der Waals surface area contributed by atoms with Gasteiger partial charge in [0, 0.05) is 31.4 Å². The standard InChI is InChI=1S/C17H28N2O/c1-3-4-13-19(14-16-11-8-12-18(16)2)17(20)15-9-6-5-7-10-15/h8,11-12,15H,3-7,9-10,13-14H2,1-2H3. The van der Waals surface area contributed by atoms with Crippen molar-refractivity contribution in [3.8, 4) is 0 Å². The largest absolute Gasteiger partial charge is 0.353 e. The fourth-order valence-corrected chi connectivity index (χ4v) is 3.08. The summed E-state index contributed by atoms with van der Waals surface area (Å²) < 4.78 is 2.12. The Morgan fingerprint density at radius 3 is 2.70 bits per heavy atom. The molecule has 0 N–H and O–H groups in total. The molecule has 0 saturated heterocycles. The summed E-state index contributed by atoms with van der Waals surface area (Å²) in [4.78, 5) is 14.9. The molecule has 0 bridgehead atoms. The van der Waals surface area contributed by atoms with Crippen LogP contribution in [-0.2, 0) is 18.4 Å². The van der Waals surface area contributed by atoms with E-state index in [2.05, 4.69) is 41.8 Å². The summed E-state index contributed by atoms with van der Waals surface area (Å²) in [6, 6.07) is 4.17. The second-order valence-electron chi connectivity index (χ2n) is 6.06. The minimum atomic E-state index is 0.279. The van der Waals surface area contributed by atoms with Gasteiger partial charge in [0.2, 0.25) is 5.91 Å². The van der Waals surface area contributed by atoms with E-state index in [-0.39, 0.29) is 5.92 Å². The summed E-state index contributed by atoms with van der Waals surface area (Å²) in [7, 11) is 2.05. The van der Waals surface area contributed by atoms with E-state index in [0.29, 0.717) is 5.91 Å². The van der Waals surface area contributed by atoms with Crippen LogP contribution in [0.25, 0.3) is 0 Å². The van der Waals surface area contributed by atoms with Crippen molar-refractivity contribution in [2.24, 2.45) is 13.0 Å². The van der Waals surface area contributed by atoms with E-state index in [9.17, 15) is 4.79 Å². The van der Waals surface area contributed by atoms with Crippen molar-refractivity contribution in [2.45, 2.75) is 58.4 Å². The van der Waals surface area contributed by atoms with Crippen LogP contribution in [-0.4, -0.2) is 21.9 Å². The SMILES string of the molecule is CCCCN(Cc1cccn1C)C(=O)C1CCCCC1. The highest BCUT2D eigenvalue weighted by molar-refractivity contribution is 5.78. The van der Waals surface area contributed by atoms with Crippen LogP contribution >= 0.6 is 0 Å². The number of unbranched alkanes of at least 4 members (excludes halogenated alkanes) is 1. The first-order valence-corrected chi connectivity index (χ1v) is 8.11. The first-order chi connectivity index (χ1) is 9.72. The van der Waals surface area contributed by atoms with Crippen molar-refractivity contribution in [3.63, 3.8) is 0 Å². The highest BCUT2D eigenvalue weighted by Gasteiger charge is 2.26. The van der Waals surface area contributed by atoms with Gasteiger partial charge in [-0.25, -0.2) is 0 Å². The molecule has 0 spiro atoms. The van der Waals surface area contributed by atoms with Gasteiger partial charge in [0.05, 0.1) is 6.54 Å². The molecule has 0 atom stereocenters. The number of carbonyl (C=O) groups excluding carboxylic acids is 1. The van der Waals surface area contributed by atoms with Crippen molar-refractivity contribution in [2.75, 3.05) is 6.54 Å². The summed E-state index contributed by atoms with van der Waals surface area (Å²) >= 11 is 0. The smallest absolute Gasteiger partial charge is 0.226 e. The van der Waals surface area contributed by atoms with Crippen LogP contribution in [0.3, 0.4) is 0 Å². The topological polar surface area (TPSA) is 25.2 Å². The minimum absolute atomic E-state index is 0.279. The molecular formula is C17H28N2O. The van der Waals surface area contributed by atoms with Gasteiger partial charge in [-0.3, -0.25) is 4.79 Å². The summed E-state index contributed by atoms with van der Waals surface area (Å²) in [6.07, 6.45) is 10.2. The van der Waals surface area contributed by atoms with Crippen LogP contribution in [0.5, 0.6) is 0 Å². The van der Waals surface area contributed by atoms with Crippen molar-refractivity contribution >= 4 is 5.91 Å². The number of amides is 1. The molecule has 0 radical (unpaired) electrons. The average molecular weight is 276 g/mol. The lowest BCUT2D eigenvalue weighted by molar-refractivity contribution is -0.137. The molecule has 0 unspecified atom stereocenters. The molecule has 112 valence electrons. The quantitative estimate of drug-likeness (QED) is 0.777. The lowest BCUT2D eigenvalue weighted by Gasteiger charge is -2.29. The molecule has 1 aromatic rings. The number of rotatable bonds is 6. The van der Waals surface area contributed by atoms with Crippen molar-refractivity contribution in [1.82, 2.24) is 9.47 Å². The predicted octanol–water partition coefficient (Wildman–Crippen LogP) is 3.73. The van der Waals surface area contributed by atoms with E-state index in [1.165, 1.54) is 25.0 Å². The summed E-state index contributed by atoms with van der Waals surface area (Å²) in [5, 5.41) is 0. The van der Waals surface area contributed by atoms with Gasteiger partial charge >= 0.3 is 0 Å². The zero-order valence-corrected chi connectivity index (χ0v) is 13.0. The monoisotopic (exact) mass is 276 g/mol. The third-order valence-corrected chi connectivity index (χ3v) is 4.45. The zero-order chi connectivity index (χ0) is 14.4. The molecule has 1 amide bonds. The van der Waals surface area contributed by atoms with Crippen LogP contribution in [0.4, 0.5) is 0 Å². The Bertz CT molecular complexity index is 418. The van der Waals surface area contributed by atoms with Gasteiger partial charge < -0.3 is 9.47 Å². The molecule has 3 heteroatoms. The molecule has 1 heterocycles. The molecule has 1 fully saturated rings. The zero-order valence-electron chi connectivity index (χ0n) is 13.0. The molecule has 1 aliphatic carbocycles. The number of hydrogen-bond acceptors (Lipinski definition) is 1. The van der Waals surface area contributed by atoms with Gasteiger partial charge in [0.1, 0.15) is 0 Å². The van der Waals surface area contributed by atoms with Crippen molar-refractivity contribution in [3.05, 3.63) is 24.0 Å². The van der Waals surface area contributed by atoms with E-state index in [4.69, 9.17) is 0 Å². The van der Waals surface area contributed by atoms with Crippen LogP contribution in [0, 0.1) is 5.92 Å². The van der Waals surface area contributed by atoms with Crippen LogP contribution in [0.15, 0.2) is 18.3 Å². The molecule has 2 rings (SSSR count). The summed E-state index contributed by atoms with van der Waals surface area (Å²) in [5.74, 6) is 0.667. The van der Waals surface area contributed by atoms with Crippen molar-refractivity contribution in [1.29, 1.82) is 0 Å². The summed E-state index contributed by atoms with van der Waals surface area (Å²) in [5.41, 5.74) is 1.23. The Hall–Kier alpha value is -1.25. The minimum Gasteiger partial charge on any atom is -0.353 e. The first-order valence-electron chi connectivity index (χ1n) is 8.11. The second-order valence-corrected chi connectivity index (χ2v) is 6.06. The van der Waals surface area contributed by atoms with Gasteiger partial charge in [0.25, 0.3) is 0 Å². The van der Waals surface area contributed by atoms with E-state index in [1.807, 2.05) is 0 Å². The number of aromatic nitrogens is 1. The van der Waals surface area contributed by atoms with E-state index < -0.39 is 0 Å². The van der Waals surface area contributed by atoms with Crippen LogP contribution in [0.2, 0.25) is 0 Å². The fourth-order valence-electron chi connectivity index (χ4n) is 3.08. The molecule has 3 nitrogen and oxygen atoms in total. The Kier molecular flexibility index (Phi) is 5.69. The maximum Gasteiger partial charge on any atom is 0.226 e.